The molecule has 0 radical (unpaired) electrons. The Bertz CT molecular complexity index is 642. The van der Waals surface area contributed by atoms with Gasteiger partial charge in [-0.1, -0.05) is 6.92 Å². The molecule has 0 unspecified atom stereocenters. The highest BCUT2D eigenvalue weighted by molar-refractivity contribution is 7.19. The van der Waals surface area contributed by atoms with Gasteiger partial charge in [0.25, 0.3) is 5.56 Å². The van der Waals surface area contributed by atoms with Crippen molar-refractivity contribution < 1.29 is 9.90 Å². The number of aromatic carboxylic acids is 1. The van der Waals surface area contributed by atoms with Gasteiger partial charge in [-0.2, -0.15) is 0 Å². The van der Waals surface area contributed by atoms with Crippen LogP contribution in [0.1, 0.15) is 28.6 Å². The molecule has 0 fully saturated rings. The smallest absolute Gasteiger partial charge is 0.337 e. The highest BCUT2D eigenvalue weighted by Gasteiger charge is 2.19. The molecule has 0 spiro atoms. The molecule has 0 aromatic carbocycles. The van der Waals surface area contributed by atoms with Gasteiger partial charge in [0.15, 0.2) is 0 Å². The number of hydrogen-bond donors (Lipinski definition) is 1. The predicted molar refractivity (Wildman–Crippen MR) is 65.9 cm³/mol. The summed E-state index contributed by atoms with van der Waals surface area (Å²) in [5.74, 6) is -1.07. The zero-order chi connectivity index (χ0) is 12.6. The number of carboxylic acid groups (broad SMARTS) is 1. The summed E-state index contributed by atoms with van der Waals surface area (Å²) in [6.45, 7) is 4.20. The summed E-state index contributed by atoms with van der Waals surface area (Å²) in [4.78, 5) is 28.5. The number of aromatic nitrogens is 2. The van der Waals surface area contributed by atoms with Crippen molar-refractivity contribution in [2.45, 2.75) is 26.8 Å². The Hall–Kier alpha value is -1.69. The highest BCUT2D eigenvalue weighted by Crippen LogP contribution is 2.26. The van der Waals surface area contributed by atoms with Crippen molar-refractivity contribution in [3.05, 3.63) is 27.1 Å². The first kappa shape index (κ1) is 11.8. The molecular formula is C11H12N2O3S. The molecule has 6 heteroatoms. The van der Waals surface area contributed by atoms with Gasteiger partial charge in [-0.25, -0.2) is 9.78 Å². The van der Waals surface area contributed by atoms with Crippen LogP contribution in [0.15, 0.2) is 11.1 Å². The normalized spacial score (nSPS) is 10.9. The van der Waals surface area contributed by atoms with Crippen LogP contribution in [0.2, 0.25) is 0 Å². The Morgan fingerprint density at radius 2 is 2.29 bits per heavy atom. The van der Waals surface area contributed by atoms with E-state index in [9.17, 15) is 9.59 Å². The van der Waals surface area contributed by atoms with Crippen LogP contribution >= 0.6 is 11.3 Å². The topological polar surface area (TPSA) is 72.2 Å². The summed E-state index contributed by atoms with van der Waals surface area (Å²) >= 11 is 1.24. The zero-order valence-electron chi connectivity index (χ0n) is 9.56. The van der Waals surface area contributed by atoms with Gasteiger partial charge >= 0.3 is 5.97 Å². The Labute approximate surface area is 101 Å². The number of fused-ring (bicyclic) bond motifs is 1. The lowest BCUT2D eigenvalue weighted by Crippen LogP contribution is -2.21. The quantitative estimate of drug-likeness (QED) is 0.905. The van der Waals surface area contributed by atoms with Gasteiger partial charge in [0.05, 0.1) is 17.3 Å². The second kappa shape index (κ2) is 4.29. The van der Waals surface area contributed by atoms with E-state index in [4.69, 9.17) is 5.11 Å². The third-order valence-corrected chi connectivity index (χ3v) is 3.55. The fraction of sp³-hybridized carbons (Fsp3) is 0.364. The lowest BCUT2D eigenvalue weighted by molar-refractivity contribution is 0.0698. The largest absolute Gasteiger partial charge is 0.478 e. The molecule has 90 valence electrons. The lowest BCUT2D eigenvalue weighted by Gasteiger charge is -2.02. The Kier molecular flexibility index (Phi) is 2.97. The number of thiophene rings is 1. The Morgan fingerprint density at radius 3 is 2.88 bits per heavy atom. The van der Waals surface area contributed by atoms with Gasteiger partial charge in [-0.3, -0.25) is 9.36 Å². The van der Waals surface area contributed by atoms with Gasteiger partial charge in [-0.15, -0.1) is 11.3 Å². The number of nitrogens with zero attached hydrogens (tertiary/aromatic N) is 2. The van der Waals surface area contributed by atoms with E-state index in [1.54, 1.807) is 6.92 Å². The van der Waals surface area contributed by atoms with Gasteiger partial charge in [0.1, 0.15) is 4.83 Å². The van der Waals surface area contributed by atoms with Crippen molar-refractivity contribution in [1.82, 2.24) is 9.55 Å². The van der Waals surface area contributed by atoms with E-state index in [1.165, 1.54) is 22.2 Å². The minimum absolute atomic E-state index is 0.0907. The van der Waals surface area contributed by atoms with Crippen molar-refractivity contribution in [1.29, 1.82) is 0 Å². The maximum Gasteiger partial charge on any atom is 0.337 e. The van der Waals surface area contributed by atoms with Crippen molar-refractivity contribution in [3.8, 4) is 0 Å². The van der Waals surface area contributed by atoms with Crippen LogP contribution < -0.4 is 5.56 Å². The highest BCUT2D eigenvalue weighted by atomic mass is 32.1. The van der Waals surface area contributed by atoms with Gasteiger partial charge in [0.2, 0.25) is 0 Å². The first-order valence-electron chi connectivity index (χ1n) is 5.28. The molecule has 2 rings (SSSR count). The molecule has 0 atom stereocenters. The van der Waals surface area contributed by atoms with Crippen molar-refractivity contribution in [2.75, 3.05) is 0 Å². The molecule has 2 aromatic rings. The summed E-state index contributed by atoms with van der Waals surface area (Å²) < 4.78 is 1.46. The maximum absolute atomic E-state index is 12.1. The van der Waals surface area contributed by atoms with Crippen LogP contribution in [0, 0.1) is 6.92 Å². The second-order valence-corrected chi connectivity index (χ2v) is 4.96. The minimum Gasteiger partial charge on any atom is -0.478 e. The van der Waals surface area contributed by atoms with Gasteiger partial charge < -0.3 is 5.11 Å². The molecule has 17 heavy (non-hydrogen) atoms. The first-order chi connectivity index (χ1) is 8.06. The molecule has 0 bridgehead atoms. The summed E-state index contributed by atoms with van der Waals surface area (Å²) in [5, 5.41) is 9.36. The first-order valence-corrected chi connectivity index (χ1v) is 6.09. The average molecular weight is 252 g/mol. The van der Waals surface area contributed by atoms with E-state index >= 15 is 0 Å². The van der Waals surface area contributed by atoms with Gasteiger partial charge in [0, 0.05) is 11.4 Å². The molecule has 1 N–H and O–H groups in total. The van der Waals surface area contributed by atoms with Gasteiger partial charge in [-0.05, 0) is 13.3 Å². The fourth-order valence-electron chi connectivity index (χ4n) is 1.80. The Balaban J connectivity index is 2.83. The fourth-order valence-corrected chi connectivity index (χ4v) is 2.77. The van der Waals surface area contributed by atoms with E-state index in [2.05, 4.69) is 4.98 Å². The van der Waals surface area contributed by atoms with E-state index in [-0.39, 0.29) is 16.5 Å². The molecule has 5 nitrogen and oxygen atoms in total. The SMILES string of the molecule is CCCn1cnc2sc(C)c(C(=O)O)c2c1=O. The number of hydrogen-bond acceptors (Lipinski definition) is 4. The van der Waals surface area contributed by atoms with E-state index in [0.717, 1.165) is 6.42 Å². The molecule has 0 amide bonds. The second-order valence-electron chi connectivity index (χ2n) is 3.76. The number of carbonyl (C=O) groups is 1. The molecule has 0 aliphatic rings. The van der Waals surface area contributed by atoms with Crippen molar-refractivity contribution in [3.63, 3.8) is 0 Å². The number of aryl methyl sites for hydroxylation is 2. The molecular weight excluding hydrogens is 240 g/mol. The van der Waals surface area contributed by atoms with Crippen LogP contribution in [0.4, 0.5) is 0 Å². The Morgan fingerprint density at radius 1 is 1.59 bits per heavy atom. The van der Waals surface area contributed by atoms with Crippen LogP contribution in [0.25, 0.3) is 10.2 Å². The maximum atomic E-state index is 12.1. The summed E-state index contributed by atoms with van der Waals surface area (Å²) in [7, 11) is 0. The molecule has 0 saturated heterocycles. The molecule has 2 heterocycles. The minimum atomic E-state index is -1.07. The van der Waals surface area contributed by atoms with Crippen LogP contribution in [0.3, 0.4) is 0 Å². The molecule has 2 aromatic heterocycles. The van der Waals surface area contributed by atoms with E-state index in [0.29, 0.717) is 16.3 Å². The van der Waals surface area contributed by atoms with Crippen molar-refractivity contribution in [2.24, 2.45) is 0 Å². The van der Waals surface area contributed by atoms with E-state index < -0.39 is 5.97 Å². The van der Waals surface area contributed by atoms with Crippen LogP contribution in [-0.2, 0) is 6.54 Å². The monoisotopic (exact) mass is 252 g/mol. The third kappa shape index (κ3) is 1.84. The van der Waals surface area contributed by atoms with Crippen LogP contribution in [0.5, 0.6) is 0 Å². The molecule has 0 aliphatic heterocycles. The molecule has 0 aliphatic carbocycles. The summed E-state index contributed by atoms with van der Waals surface area (Å²) in [6, 6.07) is 0. The third-order valence-electron chi connectivity index (χ3n) is 2.53. The van der Waals surface area contributed by atoms with E-state index in [1.807, 2.05) is 6.92 Å². The van der Waals surface area contributed by atoms with Crippen LogP contribution in [-0.4, -0.2) is 20.6 Å². The molecule has 0 saturated carbocycles. The summed E-state index contributed by atoms with van der Waals surface area (Å²) in [5.41, 5.74) is -0.174. The average Bonchev–Trinajstić information content (AvgIpc) is 2.60. The number of rotatable bonds is 3. The lowest BCUT2D eigenvalue weighted by atomic mass is 10.2. The predicted octanol–water partition coefficient (Wildman–Crippen LogP) is 1.87. The zero-order valence-corrected chi connectivity index (χ0v) is 10.4. The van der Waals surface area contributed by atoms with Crippen molar-refractivity contribution >= 4 is 27.5 Å². The standard InChI is InChI=1S/C11H12N2O3S/c1-3-4-13-5-12-9-8(10(13)14)7(11(15)16)6(2)17-9/h5H,3-4H2,1-2H3,(H,15,16). The number of carboxylic acids is 1. The summed E-state index contributed by atoms with van der Waals surface area (Å²) in [6.07, 6.45) is 2.29.